The molecule has 2 aliphatic heterocycles. The summed E-state index contributed by atoms with van der Waals surface area (Å²) in [5, 5.41) is 3.54. The smallest absolute Gasteiger partial charge is 0.333 e. The second-order valence-electron chi connectivity index (χ2n) is 6.13. The second kappa shape index (κ2) is 5.68. The van der Waals surface area contributed by atoms with Gasteiger partial charge in [-0.25, -0.2) is 4.79 Å². The molecule has 0 aliphatic carbocycles. The Morgan fingerprint density at radius 3 is 3.10 bits per heavy atom. The Morgan fingerprint density at radius 1 is 1.48 bits per heavy atom. The van der Waals surface area contributed by atoms with E-state index in [2.05, 4.69) is 29.3 Å². The van der Waals surface area contributed by atoms with Crippen molar-refractivity contribution in [3.63, 3.8) is 0 Å². The molecule has 2 fully saturated rings. The quantitative estimate of drug-likeness (QED) is 0.865. The van der Waals surface area contributed by atoms with E-state index in [4.69, 9.17) is 4.74 Å². The minimum Gasteiger partial charge on any atom is -0.464 e. The lowest BCUT2D eigenvalue weighted by Crippen LogP contribution is -2.55. The van der Waals surface area contributed by atoms with Crippen molar-refractivity contribution < 1.29 is 9.53 Å². The Morgan fingerprint density at radius 2 is 2.33 bits per heavy atom. The summed E-state index contributed by atoms with van der Waals surface area (Å²) in [5.74, 6) is -0.0964. The molecule has 4 heteroatoms. The van der Waals surface area contributed by atoms with Crippen molar-refractivity contribution in [2.24, 2.45) is 0 Å². The van der Waals surface area contributed by atoms with Crippen LogP contribution in [0.3, 0.4) is 0 Å². The molecular weight excluding hydrogens is 264 g/mol. The number of hydrogen-bond acceptors (Lipinski definition) is 4. The Balaban J connectivity index is 1.91. The van der Waals surface area contributed by atoms with E-state index >= 15 is 0 Å². The van der Waals surface area contributed by atoms with Crippen LogP contribution in [-0.4, -0.2) is 42.1 Å². The monoisotopic (exact) mass is 288 g/mol. The number of ether oxygens (including phenoxy) is 1. The lowest BCUT2D eigenvalue weighted by atomic mass is 9.88. The summed E-state index contributed by atoms with van der Waals surface area (Å²) in [6.07, 6.45) is 3.06. The summed E-state index contributed by atoms with van der Waals surface area (Å²) in [5.41, 5.74) is 1.62. The molecule has 0 spiro atoms. The molecule has 2 heterocycles. The third-order valence-corrected chi connectivity index (χ3v) is 4.75. The highest BCUT2D eigenvalue weighted by atomic mass is 16.5. The van der Waals surface area contributed by atoms with Gasteiger partial charge in [0.15, 0.2) is 5.54 Å². The van der Waals surface area contributed by atoms with Gasteiger partial charge in [0.1, 0.15) is 0 Å². The van der Waals surface area contributed by atoms with Crippen LogP contribution in [0.5, 0.6) is 0 Å². The van der Waals surface area contributed by atoms with Gasteiger partial charge in [0, 0.05) is 18.3 Å². The molecular formula is C17H24N2O2. The molecule has 0 radical (unpaired) electrons. The van der Waals surface area contributed by atoms with Gasteiger partial charge < -0.3 is 10.1 Å². The van der Waals surface area contributed by atoms with E-state index in [1.807, 2.05) is 19.1 Å². The lowest BCUT2D eigenvalue weighted by molar-refractivity contribution is -0.149. The summed E-state index contributed by atoms with van der Waals surface area (Å²) in [7, 11) is 0. The Bertz CT molecular complexity index is 531. The van der Waals surface area contributed by atoms with Gasteiger partial charge in [-0.1, -0.05) is 12.1 Å². The first-order valence-electron chi connectivity index (χ1n) is 7.92. The van der Waals surface area contributed by atoms with Crippen LogP contribution < -0.4 is 5.32 Å². The predicted molar refractivity (Wildman–Crippen MR) is 83.4 cm³/mol. The van der Waals surface area contributed by atoms with Gasteiger partial charge in [-0.15, -0.1) is 0 Å². The average molecular weight is 288 g/mol. The Labute approximate surface area is 126 Å². The van der Waals surface area contributed by atoms with E-state index < -0.39 is 5.54 Å². The average Bonchev–Trinajstić information content (AvgIpc) is 3.03. The van der Waals surface area contributed by atoms with Crippen LogP contribution in [-0.2, 0) is 9.53 Å². The van der Waals surface area contributed by atoms with Gasteiger partial charge in [0.25, 0.3) is 0 Å². The number of hydrogen-bond donors (Lipinski definition) is 1. The Hall–Kier alpha value is -1.55. The number of esters is 1. The van der Waals surface area contributed by atoms with E-state index in [1.165, 1.54) is 12.0 Å². The second-order valence-corrected chi connectivity index (χ2v) is 6.13. The SMILES string of the molecule is CCOC(=O)C1(Nc2cccc(C)c2)CCN2CCCC21. The molecule has 2 aliphatic rings. The lowest BCUT2D eigenvalue weighted by Gasteiger charge is -2.34. The van der Waals surface area contributed by atoms with Gasteiger partial charge in [-0.3, -0.25) is 4.90 Å². The number of fused-ring (bicyclic) bond motifs is 1. The Kier molecular flexibility index (Phi) is 3.89. The fraction of sp³-hybridized carbons (Fsp3) is 0.588. The molecule has 3 rings (SSSR count). The highest BCUT2D eigenvalue weighted by Gasteiger charge is 2.55. The van der Waals surface area contributed by atoms with Crippen molar-refractivity contribution in [3.8, 4) is 0 Å². The van der Waals surface area contributed by atoms with E-state index in [0.717, 1.165) is 31.6 Å². The van der Waals surface area contributed by atoms with Crippen molar-refractivity contribution >= 4 is 11.7 Å². The molecule has 0 saturated carbocycles. The largest absolute Gasteiger partial charge is 0.464 e. The van der Waals surface area contributed by atoms with Crippen LogP contribution in [0, 0.1) is 6.92 Å². The van der Waals surface area contributed by atoms with E-state index in [1.54, 1.807) is 0 Å². The van der Waals surface area contributed by atoms with Crippen LogP contribution in [0.4, 0.5) is 5.69 Å². The highest BCUT2D eigenvalue weighted by molar-refractivity contribution is 5.86. The zero-order valence-corrected chi connectivity index (χ0v) is 12.9. The van der Waals surface area contributed by atoms with E-state index in [0.29, 0.717) is 6.61 Å². The summed E-state index contributed by atoms with van der Waals surface area (Å²) in [4.78, 5) is 15.1. The zero-order valence-electron chi connectivity index (χ0n) is 12.9. The maximum absolute atomic E-state index is 12.7. The molecule has 1 aromatic carbocycles. The minimum absolute atomic E-state index is 0.0964. The third-order valence-electron chi connectivity index (χ3n) is 4.75. The normalized spacial score (nSPS) is 28.4. The molecule has 21 heavy (non-hydrogen) atoms. The maximum Gasteiger partial charge on any atom is 0.333 e. The van der Waals surface area contributed by atoms with Gasteiger partial charge in [-0.2, -0.15) is 0 Å². The van der Waals surface area contributed by atoms with Crippen molar-refractivity contribution in [3.05, 3.63) is 29.8 Å². The zero-order chi connectivity index (χ0) is 14.9. The number of carbonyl (C=O) groups excluding carboxylic acids is 1. The molecule has 0 amide bonds. The number of rotatable bonds is 4. The summed E-state index contributed by atoms with van der Waals surface area (Å²) in [6.45, 7) is 6.45. The number of anilines is 1. The first-order chi connectivity index (χ1) is 10.2. The molecule has 1 aromatic rings. The van der Waals surface area contributed by atoms with E-state index in [9.17, 15) is 4.79 Å². The minimum atomic E-state index is -0.583. The van der Waals surface area contributed by atoms with Gasteiger partial charge in [-0.05, 0) is 57.4 Å². The highest BCUT2D eigenvalue weighted by Crippen LogP contribution is 2.39. The first-order valence-corrected chi connectivity index (χ1v) is 7.92. The molecule has 114 valence electrons. The van der Waals surface area contributed by atoms with Crippen LogP contribution >= 0.6 is 0 Å². The third kappa shape index (κ3) is 2.53. The van der Waals surface area contributed by atoms with Crippen molar-refractivity contribution in [2.45, 2.75) is 44.7 Å². The number of carbonyl (C=O) groups is 1. The molecule has 2 saturated heterocycles. The van der Waals surface area contributed by atoms with Crippen molar-refractivity contribution in [1.29, 1.82) is 0 Å². The van der Waals surface area contributed by atoms with Gasteiger partial charge in [0.05, 0.1) is 6.61 Å². The number of aryl methyl sites for hydroxylation is 1. The molecule has 2 atom stereocenters. The van der Waals surface area contributed by atoms with Crippen LogP contribution in [0.15, 0.2) is 24.3 Å². The molecule has 1 N–H and O–H groups in total. The number of benzene rings is 1. The number of nitrogens with zero attached hydrogens (tertiary/aromatic N) is 1. The molecule has 0 aromatic heterocycles. The first kappa shape index (κ1) is 14.4. The number of nitrogens with one attached hydrogen (secondary N) is 1. The fourth-order valence-corrected chi connectivity index (χ4v) is 3.81. The standard InChI is InChI=1S/C17H24N2O2/c1-3-21-16(20)17(9-11-19-10-5-8-15(17)19)18-14-7-4-6-13(2)12-14/h4,6-7,12,15,18H,3,5,8-11H2,1-2H3. The van der Waals surface area contributed by atoms with Crippen molar-refractivity contribution in [1.82, 2.24) is 4.90 Å². The van der Waals surface area contributed by atoms with Crippen LogP contribution in [0.1, 0.15) is 31.7 Å². The van der Waals surface area contributed by atoms with Crippen molar-refractivity contribution in [2.75, 3.05) is 25.0 Å². The molecule has 2 unspecified atom stereocenters. The summed E-state index contributed by atoms with van der Waals surface area (Å²) >= 11 is 0. The summed E-state index contributed by atoms with van der Waals surface area (Å²) < 4.78 is 5.41. The van der Waals surface area contributed by atoms with Crippen LogP contribution in [0.2, 0.25) is 0 Å². The molecule has 0 bridgehead atoms. The topological polar surface area (TPSA) is 41.6 Å². The maximum atomic E-state index is 12.7. The van der Waals surface area contributed by atoms with Crippen LogP contribution in [0.25, 0.3) is 0 Å². The van der Waals surface area contributed by atoms with Gasteiger partial charge >= 0.3 is 5.97 Å². The molecule has 4 nitrogen and oxygen atoms in total. The predicted octanol–water partition coefficient (Wildman–Crippen LogP) is 2.58. The fourth-order valence-electron chi connectivity index (χ4n) is 3.81. The van der Waals surface area contributed by atoms with Gasteiger partial charge in [0.2, 0.25) is 0 Å². The van der Waals surface area contributed by atoms with E-state index in [-0.39, 0.29) is 12.0 Å². The summed E-state index contributed by atoms with van der Waals surface area (Å²) in [6, 6.07) is 8.48.